The van der Waals surface area contributed by atoms with Crippen LogP contribution in [0.4, 0.5) is 0 Å². The van der Waals surface area contributed by atoms with Gasteiger partial charge in [0.2, 0.25) is 0 Å². The van der Waals surface area contributed by atoms with Crippen molar-refractivity contribution in [2.24, 2.45) is 0 Å². The zero-order chi connectivity index (χ0) is 15.9. The van der Waals surface area contributed by atoms with Gasteiger partial charge in [-0.1, -0.05) is 25.5 Å². The lowest BCUT2D eigenvalue weighted by molar-refractivity contribution is 0.0954. The third kappa shape index (κ3) is 3.67. The molecule has 2 aromatic rings. The third-order valence-corrected chi connectivity index (χ3v) is 3.79. The molecule has 0 saturated heterocycles. The van der Waals surface area contributed by atoms with Gasteiger partial charge in [0, 0.05) is 11.5 Å². The Hall–Kier alpha value is -2.29. The van der Waals surface area contributed by atoms with Crippen molar-refractivity contribution in [2.45, 2.75) is 25.7 Å². The topological polar surface area (TPSA) is 35.5 Å². The molecule has 116 valence electrons. The molecule has 0 saturated carbocycles. The summed E-state index contributed by atoms with van der Waals surface area (Å²) in [5.41, 5.74) is 1.75. The Morgan fingerprint density at radius 3 is 1.86 bits per heavy atom. The quantitative estimate of drug-likeness (QED) is 0.707. The summed E-state index contributed by atoms with van der Waals surface area (Å²) in [6.07, 6.45) is 1.79. The minimum atomic E-state index is -0.121. The van der Waals surface area contributed by atoms with Crippen LogP contribution in [0.2, 0.25) is 0 Å². The number of carbonyl (C=O) groups excluding carboxylic acids is 1. The normalized spacial score (nSPS) is 11.8. The summed E-state index contributed by atoms with van der Waals surface area (Å²) in [5, 5.41) is 0. The maximum atomic E-state index is 12.8. The van der Waals surface area contributed by atoms with Gasteiger partial charge < -0.3 is 9.47 Å². The predicted molar refractivity (Wildman–Crippen MR) is 88.0 cm³/mol. The van der Waals surface area contributed by atoms with E-state index in [-0.39, 0.29) is 11.7 Å². The first-order valence-corrected chi connectivity index (χ1v) is 7.51. The van der Waals surface area contributed by atoms with E-state index in [0.29, 0.717) is 0 Å². The highest BCUT2D eigenvalue weighted by Crippen LogP contribution is 2.28. The number of hydrogen-bond donors (Lipinski definition) is 0. The molecule has 2 rings (SSSR count). The van der Waals surface area contributed by atoms with Gasteiger partial charge in [0.1, 0.15) is 11.5 Å². The molecule has 0 aliphatic rings. The summed E-state index contributed by atoms with van der Waals surface area (Å²) < 4.78 is 10.3. The molecular weight excluding hydrogens is 276 g/mol. The number of Topliss-reactive ketones (excluding diaryl/α,β-unsaturated/α-hetero) is 1. The van der Waals surface area contributed by atoms with Crippen molar-refractivity contribution < 1.29 is 14.3 Å². The summed E-state index contributed by atoms with van der Waals surface area (Å²) in [6, 6.07) is 15.1. The first-order chi connectivity index (χ1) is 10.7. The molecule has 0 aliphatic heterocycles. The fourth-order valence-electron chi connectivity index (χ4n) is 2.53. The number of hydrogen-bond acceptors (Lipinski definition) is 3. The van der Waals surface area contributed by atoms with Crippen molar-refractivity contribution >= 4 is 5.78 Å². The fourth-order valence-corrected chi connectivity index (χ4v) is 2.53. The van der Waals surface area contributed by atoms with Crippen LogP contribution in [0.1, 0.15) is 41.6 Å². The smallest absolute Gasteiger partial charge is 0.170 e. The molecule has 0 radical (unpaired) electrons. The van der Waals surface area contributed by atoms with Crippen molar-refractivity contribution in [3.63, 3.8) is 0 Å². The number of carbonyl (C=O) groups is 1. The Bertz CT molecular complexity index is 600. The molecule has 3 heteroatoms. The Labute approximate surface area is 131 Å². The lowest BCUT2D eigenvalue weighted by atomic mass is 9.87. The van der Waals surface area contributed by atoms with E-state index in [4.69, 9.17) is 9.47 Å². The van der Waals surface area contributed by atoms with Gasteiger partial charge in [-0.2, -0.15) is 0 Å². The van der Waals surface area contributed by atoms with Gasteiger partial charge in [0.25, 0.3) is 0 Å². The number of ether oxygens (including phenoxy) is 2. The fraction of sp³-hybridized carbons (Fsp3) is 0.316. The predicted octanol–water partition coefficient (Wildman–Crippen LogP) is 4.47. The van der Waals surface area contributed by atoms with Gasteiger partial charge in [0.15, 0.2) is 5.78 Å². The lowest BCUT2D eigenvalue weighted by Gasteiger charge is -2.16. The van der Waals surface area contributed by atoms with Crippen LogP contribution in [-0.2, 0) is 0 Å². The molecule has 0 bridgehead atoms. The van der Waals surface area contributed by atoms with Gasteiger partial charge in [0.05, 0.1) is 14.2 Å². The molecule has 0 spiro atoms. The molecule has 2 aromatic carbocycles. The summed E-state index contributed by atoms with van der Waals surface area (Å²) in [4.78, 5) is 12.8. The zero-order valence-corrected chi connectivity index (χ0v) is 13.3. The molecule has 1 atom stereocenters. The highest BCUT2D eigenvalue weighted by Gasteiger charge is 2.21. The third-order valence-electron chi connectivity index (χ3n) is 3.79. The van der Waals surface area contributed by atoms with Crippen LogP contribution in [0.3, 0.4) is 0 Å². The molecule has 0 aliphatic carbocycles. The monoisotopic (exact) mass is 298 g/mol. The average molecular weight is 298 g/mol. The molecule has 3 nitrogen and oxygen atoms in total. The standard InChI is InChI=1S/C19H22O3/c1-4-5-18(14-6-10-16(21-2)11-7-14)19(20)15-8-12-17(22-3)13-9-15/h6-13,18H,4-5H2,1-3H3. The van der Waals surface area contributed by atoms with E-state index in [0.717, 1.165) is 35.5 Å². The van der Waals surface area contributed by atoms with E-state index in [1.54, 1.807) is 14.2 Å². The number of ketones is 1. The average Bonchev–Trinajstić information content (AvgIpc) is 2.59. The number of benzene rings is 2. The maximum Gasteiger partial charge on any atom is 0.170 e. The van der Waals surface area contributed by atoms with Crippen molar-refractivity contribution in [3.05, 3.63) is 59.7 Å². The van der Waals surface area contributed by atoms with Crippen LogP contribution in [-0.4, -0.2) is 20.0 Å². The molecule has 0 aromatic heterocycles. The van der Waals surface area contributed by atoms with E-state index in [9.17, 15) is 4.79 Å². The lowest BCUT2D eigenvalue weighted by Crippen LogP contribution is -2.13. The molecule has 0 N–H and O–H groups in total. The summed E-state index contributed by atoms with van der Waals surface area (Å²) in [7, 11) is 3.26. The number of rotatable bonds is 7. The molecular formula is C19H22O3. The van der Waals surface area contributed by atoms with E-state index in [1.807, 2.05) is 48.5 Å². The molecule has 1 unspecified atom stereocenters. The van der Waals surface area contributed by atoms with Crippen molar-refractivity contribution in [2.75, 3.05) is 14.2 Å². The maximum absolute atomic E-state index is 12.8. The van der Waals surface area contributed by atoms with Crippen LogP contribution < -0.4 is 9.47 Å². The minimum absolute atomic E-state index is 0.121. The highest BCUT2D eigenvalue weighted by molar-refractivity contribution is 6.01. The second kappa shape index (κ2) is 7.64. The zero-order valence-electron chi connectivity index (χ0n) is 13.3. The molecule has 0 heterocycles. The Morgan fingerprint density at radius 2 is 1.41 bits per heavy atom. The van der Waals surface area contributed by atoms with Crippen molar-refractivity contribution in [1.29, 1.82) is 0 Å². The second-order valence-corrected chi connectivity index (χ2v) is 5.21. The van der Waals surface area contributed by atoms with E-state index >= 15 is 0 Å². The Balaban J connectivity index is 2.26. The summed E-state index contributed by atoms with van der Waals surface area (Å²) in [6.45, 7) is 2.10. The van der Waals surface area contributed by atoms with Crippen molar-refractivity contribution in [1.82, 2.24) is 0 Å². The van der Waals surface area contributed by atoms with Gasteiger partial charge in [-0.15, -0.1) is 0 Å². The largest absolute Gasteiger partial charge is 0.497 e. The Morgan fingerprint density at radius 1 is 0.909 bits per heavy atom. The van der Waals surface area contributed by atoms with Gasteiger partial charge >= 0.3 is 0 Å². The van der Waals surface area contributed by atoms with E-state index in [1.165, 1.54) is 0 Å². The van der Waals surface area contributed by atoms with Crippen LogP contribution >= 0.6 is 0 Å². The van der Waals surface area contributed by atoms with Crippen LogP contribution in [0.25, 0.3) is 0 Å². The minimum Gasteiger partial charge on any atom is -0.497 e. The van der Waals surface area contributed by atoms with E-state index < -0.39 is 0 Å². The first-order valence-electron chi connectivity index (χ1n) is 7.51. The van der Waals surface area contributed by atoms with Crippen molar-refractivity contribution in [3.8, 4) is 11.5 Å². The van der Waals surface area contributed by atoms with Crippen LogP contribution in [0.5, 0.6) is 11.5 Å². The first kappa shape index (κ1) is 16.1. The van der Waals surface area contributed by atoms with Gasteiger partial charge in [-0.05, 0) is 48.4 Å². The van der Waals surface area contributed by atoms with Crippen LogP contribution in [0.15, 0.2) is 48.5 Å². The summed E-state index contributed by atoms with van der Waals surface area (Å²) in [5.74, 6) is 1.59. The molecule has 0 fully saturated rings. The SMILES string of the molecule is CCCC(C(=O)c1ccc(OC)cc1)c1ccc(OC)cc1. The number of methoxy groups -OCH3 is 2. The van der Waals surface area contributed by atoms with Gasteiger partial charge in [-0.3, -0.25) is 4.79 Å². The summed E-state index contributed by atoms with van der Waals surface area (Å²) >= 11 is 0. The highest BCUT2D eigenvalue weighted by atomic mass is 16.5. The molecule has 22 heavy (non-hydrogen) atoms. The van der Waals surface area contributed by atoms with E-state index in [2.05, 4.69) is 6.92 Å². The van der Waals surface area contributed by atoms with Crippen LogP contribution in [0, 0.1) is 0 Å². The second-order valence-electron chi connectivity index (χ2n) is 5.21. The Kier molecular flexibility index (Phi) is 5.59. The van der Waals surface area contributed by atoms with Gasteiger partial charge in [-0.25, -0.2) is 0 Å². The molecule has 0 amide bonds.